The number of ether oxygens (including phenoxy) is 2. The van der Waals surface area contributed by atoms with Crippen LogP contribution in [0.1, 0.15) is 20.7 Å². The number of aromatic nitrogens is 1. The van der Waals surface area contributed by atoms with Crippen molar-refractivity contribution in [2.75, 3.05) is 55.5 Å². The fourth-order valence-electron chi connectivity index (χ4n) is 3.86. The summed E-state index contributed by atoms with van der Waals surface area (Å²) in [4.78, 5) is 33.1. The van der Waals surface area contributed by atoms with E-state index in [-0.39, 0.29) is 11.5 Å². The Hall–Kier alpha value is -4.27. The van der Waals surface area contributed by atoms with Crippen molar-refractivity contribution in [3.63, 3.8) is 0 Å². The number of pyridine rings is 1. The second kappa shape index (κ2) is 10.1. The summed E-state index contributed by atoms with van der Waals surface area (Å²) in [5.41, 5.74) is 1.84. The smallest absolute Gasteiger partial charge is 0.339 e. The number of carbonyl (C=O) groups excluding carboxylic acids is 1. The first-order valence-corrected chi connectivity index (χ1v) is 10.8. The normalized spacial score (nSPS) is 13.4. The highest BCUT2D eigenvalue weighted by Crippen LogP contribution is 2.26. The molecule has 1 amide bonds. The van der Waals surface area contributed by atoms with E-state index >= 15 is 0 Å². The summed E-state index contributed by atoms with van der Waals surface area (Å²) >= 11 is 0. The minimum atomic E-state index is -1.10. The zero-order chi connectivity index (χ0) is 24.1. The number of carbonyl (C=O) groups is 2. The molecule has 176 valence electrons. The van der Waals surface area contributed by atoms with Gasteiger partial charge in [-0.05, 0) is 42.5 Å². The minimum absolute atomic E-state index is 0.0439. The zero-order valence-corrected chi connectivity index (χ0v) is 19.0. The molecule has 2 heterocycles. The number of nitrogens with one attached hydrogen (secondary N) is 1. The van der Waals surface area contributed by atoms with Gasteiger partial charge in [0.15, 0.2) is 0 Å². The summed E-state index contributed by atoms with van der Waals surface area (Å²) in [5, 5.41) is 12.5. The molecule has 0 unspecified atom stereocenters. The topological polar surface area (TPSA) is 104 Å². The number of rotatable bonds is 7. The van der Waals surface area contributed by atoms with E-state index in [1.807, 2.05) is 29.2 Å². The fraction of sp³-hybridized carbons (Fsp3) is 0.240. The largest absolute Gasteiger partial charge is 0.497 e. The van der Waals surface area contributed by atoms with E-state index in [9.17, 15) is 14.7 Å². The van der Waals surface area contributed by atoms with Gasteiger partial charge in [0.2, 0.25) is 0 Å². The summed E-state index contributed by atoms with van der Waals surface area (Å²) in [6.45, 7) is 2.65. The first-order valence-electron chi connectivity index (χ1n) is 10.8. The summed E-state index contributed by atoms with van der Waals surface area (Å²) in [6.07, 6.45) is 1.48. The van der Waals surface area contributed by atoms with Gasteiger partial charge in [-0.1, -0.05) is 6.07 Å². The van der Waals surface area contributed by atoms with E-state index in [1.165, 1.54) is 12.3 Å². The summed E-state index contributed by atoms with van der Waals surface area (Å²) in [6, 6.07) is 15.9. The number of carboxylic acid groups (broad SMARTS) is 1. The number of hydrogen-bond acceptors (Lipinski definition) is 7. The Kier molecular flexibility index (Phi) is 6.82. The quantitative estimate of drug-likeness (QED) is 0.551. The van der Waals surface area contributed by atoms with Crippen LogP contribution in [0.5, 0.6) is 11.5 Å². The lowest BCUT2D eigenvalue weighted by atomic mass is 10.1. The number of benzene rings is 2. The van der Waals surface area contributed by atoms with Crippen molar-refractivity contribution in [3.05, 3.63) is 71.9 Å². The Morgan fingerprint density at radius 2 is 1.59 bits per heavy atom. The summed E-state index contributed by atoms with van der Waals surface area (Å²) in [5.74, 6) is 0.364. The van der Waals surface area contributed by atoms with Crippen molar-refractivity contribution >= 4 is 29.1 Å². The van der Waals surface area contributed by atoms with Gasteiger partial charge in [-0.25, -0.2) is 9.78 Å². The maximum Gasteiger partial charge on any atom is 0.339 e. The van der Waals surface area contributed by atoms with Crippen LogP contribution in [0.15, 0.2) is 60.8 Å². The van der Waals surface area contributed by atoms with E-state index in [0.717, 1.165) is 11.4 Å². The highest BCUT2D eigenvalue weighted by Gasteiger charge is 2.24. The second-order valence-electron chi connectivity index (χ2n) is 7.76. The van der Waals surface area contributed by atoms with Gasteiger partial charge in [0.25, 0.3) is 5.91 Å². The Morgan fingerprint density at radius 3 is 2.24 bits per heavy atom. The summed E-state index contributed by atoms with van der Waals surface area (Å²) in [7, 11) is 3.19. The molecule has 9 nitrogen and oxygen atoms in total. The third kappa shape index (κ3) is 5.03. The second-order valence-corrected chi connectivity index (χ2v) is 7.76. The SMILES string of the molecule is COc1ccc(C(=O)Nc2cnc(N3CCN(c4cccc(OC)c4)CC3)c(C(=O)O)c2)cc1. The van der Waals surface area contributed by atoms with Gasteiger partial charge < -0.3 is 29.7 Å². The van der Waals surface area contributed by atoms with Crippen LogP contribution in [0.2, 0.25) is 0 Å². The van der Waals surface area contributed by atoms with Crippen molar-refractivity contribution in [1.82, 2.24) is 4.98 Å². The van der Waals surface area contributed by atoms with Gasteiger partial charge in [0.05, 0.1) is 26.1 Å². The molecule has 1 fully saturated rings. The molecule has 2 aromatic carbocycles. The van der Waals surface area contributed by atoms with Crippen molar-refractivity contribution in [2.24, 2.45) is 0 Å². The Morgan fingerprint density at radius 1 is 0.912 bits per heavy atom. The molecule has 2 N–H and O–H groups in total. The molecule has 34 heavy (non-hydrogen) atoms. The van der Waals surface area contributed by atoms with Gasteiger partial charge in [0, 0.05) is 43.5 Å². The molecule has 0 atom stereocenters. The molecule has 1 aromatic heterocycles. The number of amides is 1. The molecular weight excluding hydrogens is 436 g/mol. The van der Waals surface area contributed by atoms with Crippen molar-refractivity contribution in [2.45, 2.75) is 0 Å². The van der Waals surface area contributed by atoms with Crippen LogP contribution < -0.4 is 24.6 Å². The first-order chi connectivity index (χ1) is 16.5. The molecule has 0 radical (unpaired) electrons. The average Bonchev–Trinajstić information content (AvgIpc) is 2.88. The third-order valence-corrected chi connectivity index (χ3v) is 5.70. The number of nitrogens with zero attached hydrogens (tertiary/aromatic N) is 3. The zero-order valence-electron chi connectivity index (χ0n) is 19.0. The van der Waals surface area contributed by atoms with E-state index in [1.54, 1.807) is 38.5 Å². The van der Waals surface area contributed by atoms with Crippen molar-refractivity contribution in [1.29, 1.82) is 0 Å². The Labute approximate surface area is 197 Å². The molecule has 0 aliphatic carbocycles. The summed E-state index contributed by atoms with van der Waals surface area (Å²) < 4.78 is 10.4. The number of methoxy groups -OCH3 is 2. The lowest BCUT2D eigenvalue weighted by molar-refractivity contribution is 0.0696. The molecule has 9 heteroatoms. The maximum atomic E-state index is 12.5. The molecule has 3 aromatic rings. The number of aromatic carboxylic acids is 1. The highest BCUT2D eigenvalue weighted by molar-refractivity contribution is 6.05. The number of anilines is 3. The van der Waals surface area contributed by atoms with Crippen molar-refractivity contribution < 1.29 is 24.2 Å². The standard InChI is InChI=1S/C25H26N4O5/c1-33-20-8-6-17(7-9-20)24(30)27-18-14-22(25(31)32)23(26-16-18)29-12-10-28(11-13-29)19-4-3-5-21(15-19)34-2/h3-9,14-16H,10-13H2,1-2H3,(H,27,30)(H,31,32). The molecule has 1 aliphatic rings. The Bertz CT molecular complexity index is 1170. The van der Waals surface area contributed by atoms with Crippen LogP contribution in [0, 0.1) is 0 Å². The highest BCUT2D eigenvalue weighted by atomic mass is 16.5. The predicted octanol–water partition coefficient (Wildman–Crippen LogP) is 3.38. The Balaban J connectivity index is 1.46. The van der Waals surface area contributed by atoms with Crippen LogP contribution in [0.4, 0.5) is 17.2 Å². The van der Waals surface area contributed by atoms with Crippen LogP contribution in [-0.4, -0.2) is 62.4 Å². The maximum absolute atomic E-state index is 12.5. The molecule has 0 saturated carbocycles. The van der Waals surface area contributed by atoms with Crippen molar-refractivity contribution in [3.8, 4) is 11.5 Å². The lowest BCUT2D eigenvalue weighted by Gasteiger charge is -2.37. The molecule has 1 saturated heterocycles. The van der Waals surface area contributed by atoms with Crippen LogP contribution in [-0.2, 0) is 0 Å². The van der Waals surface area contributed by atoms with Crippen LogP contribution in [0.3, 0.4) is 0 Å². The van der Waals surface area contributed by atoms with E-state index in [2.05, 4.69) is 15.2 Å². The first kappa shape index (κ1) is 22.9. The predicted molar refractivity (Wildman–Crippen MR) is 130 cm³/mol. The number of piperazine rings is 1. The van der Waals surface area contributed by atoms with Gasteiger partial charge >= 0.3 is 5.97 Å². The van der Waals surface area contributed by atoms with Gasteiger partial charge in [-0.3, -0.25) is 4.79 Å². The van der Waals surface area contributed by atoms with E-state index < -0.39 is 5.97 Å². The fourth-order valence-corrected chi connectivity index (χ4v) is 3.86. The monoisotopic (exact) mass is 462 g/mol. The molecule has 0 spiro atoms. The van der Waals surface area contributed by atoms with Crippen LogP contribution in [0.25, 0.3) is 0 Å². The van der Waals surface area contributed by atoms with Gasteiger partial charge in [0.1, 0.15) is 22.9 Å². The number of carboxylic acids is 1. The molecule has 0 bridgehead atoms. The average molecular weight is 463 g/mol. The molecule has 1 aliphatic heterocycles. The molecular formula is C25H26N4O5. The van der Waals surface area contributed by atoms with Crippen LogP contribution >= 0.6 is 0 Å². The number of hydrogen-bond donors (Lipinski definition) is 2. The van der Waals surface area contributed by atoms with E-state index in [0.29, 0.717) is 49.0 Å². The van der Waals surface area contributed by atoms with Gasteiger partial charge in [-0.2, -0.15) is 0 Å². The molecule has 4 rings (SSSR count). The van der Waals surface area contributed by atoms with E-state index in [4.69, 9.17) is 9.47 Å². The minimum Gasteiger partial charge on any atom is -0.497 e. The van der Waals surface area contributed by atoms with Gasteiger partial charge in [-0.15, -0.1) is 0 Å². The lowest BCUT2D eigenvalue weighted by Crippen LogP contribution is -2.47. The third-order valence-electron chi connectivity index (χ3n) is 5.70.